The van der Waals surface area contributed by atoms with Crippen LogP contribution in [0.5, 0.6) is 0 Å². The molecule has 2 heterocycles. The van der Waals surface area contributed by atoms with E-state index in [1.54, 1.807) is 16.7 Å². The highest BCUT2D eigenvalue weighted by molar-refractivity contribution is 6.30. The molecule has 0 fully saturated rings. The molecule has 2 rings (SSSR count). The van der Waals surface area contributed by atoms with Crippen LogP contribution in [0.4, 0.5) is 0 Å². The number of aromatic nitrogens is 2. The Labute approximate surface area is 92.7 Å². The van der Waals surface area contributed by atoms with Crippen LogP contribution in [-0.4, -0.2) is 15.2 Å². The highest BCUT2D eigenvalue weighted by Crippen LogP contribution is 2.17. The Kier molecular flexibility index (Phi) is 2.49. The Hall–Kier alpha value is -1.35. The highest BCUT2D eigenvalue weighted by Gasteiger charge is 2.14. The van der Waals surface area contributed by atoms with Gasteiger partial charge in [-0.2, -0.15) is 0 Å². The van der Waals surface area contributed by atoms with Crippen LogP contribution in [0.25, 0.3) is 5.65 Å². The number of carbonyl (C=O) groups excluding carboxylic acids is 1. The van der Waals surface area contributed by atoms with E-state index < -0.39 is 0 Å². The van der Waals surface area contributed by atoms with Gasteiger partial charge >= 0.3 is 0 Å². The van der Waals surface area contributed by atoms with Crippen molar-refractivity contribution in [1.29, 1.82) is 0 Å². The minimum atomic E-state index is 0.0854. The Morgan fingerprint density at radius 1 is 1.53 bits per heavy atom. The molecule has 0 aliphatic heterocycles. The number of nitrogens with zero attached hydrogens (tertiary/aromatic N) is 2. The molecular weight excluding hydrogens is 212 g/mol. The molecule has 15 heavy (non-hydrogen) atoms. The molecule has 0 unspecified atom stereocenters. The van der Waals surface area contributed by atoms with Gasteiger partial charge in [-0.15, -0.1) is 0 Å². The Balaban J connectivity index is 2.76. The zero-order valence-corrected chi connectivity index (χ0v) is 9.38. The number of Topliss-reactive ketones (excluding diaryl/α,β-unsaturated/α-hetero) is 1. The standard InChI is InChI=1S/C11H11ClN2O/c1-3-9(15)11-7(2)13-10-5-4-8(12)6-14(10)11/h4-6H,3H2,1-2H3. The van der Waals surface area contributed by atoms with Gasteiger partial charge in [-0.1, -0.05) is 18.5 Å². The van der Waals surface area contributed by atoms with Gasteiger partial charge in [0.2, 0.25) is 0 Å². The van der Waals surface area contributed by atoms with Crippen molar-refractivity contribution in [2.24, 2.45) is 0 Å². The molecule has 0 spiro atoms. The molecule has 0 aromatic carbocycles. The third kappa shape index (κ3) is 1.63. The summed E-state index contributed by atoms with van der Waals surface area (Å²) in [7, 11) is 0. The van der Waals surface area contributed by atoms with Gasteiger partial charge in [0.25, 0.3) is 0 Å². The summed E-state index contributed by atoms with van der Waals surface area (Å²) in [6.45, 7) is 3.68. The van der Waals surface area contributed by atoms with Gasteiger partial charge < -0.3 is 0 Å². The number of carbonyl (C=O) groups is 1. The smallest absolute Gasteiger partial charge is 0.181 e. The number of pyridine rings is 1. The average molecular weight is 223 g/mol. The molecule has 3 nitrogen and oxygen atoms in total. The first-order chi connectivity index (χ1) is 7.13. The van der Waals surface area contributed by atoms with E-state index in [2.05, 4.69) is 4.98 Å². The number of ketones is 1. The third-order valence-electron chi connectivity index (χ3n) is 2.34. The molecule has 0 saturated heterocycles. The highest BCUT2D eigenvalue weighted by atomic mass is 35.5. The lowest BCUT2D eigenvalue weighted by Gasteiger charge is -2.00. The largest absolute Gasteiger partial charge is 0.295 e. The van der Waals surface area contributed by atoms with Crippen LogP contribution in [0.15, 0.2) is 18.3 Å². The first-order valence-corrected chi connectivity index (χ1v) is 5.18. The summed E-state index contributed by atoms with van der Waals surface area (Å²) < 4.78 is 1.75. The van der Waals surface area contributed by atoms with Gasteiger partial charge in [-0.05, 0) is 19.1 Å². The number of fused-ring (bicyclic) bond motifs is 1. The lowest BCUT2D eigenvalue weighted by Crippen LogP contribution is -2.03. The van der Waals surface area contributed by atoms with Crippen molar-refractivity contribution in [3.05, 3.63) is 34.7 Å². The number of hydrogen-bond acceptors (Lipinski definition) is 2. The Morgan fingerprint density at radius 2 is 2.27 bits per heavy atom. The number of halogens is 1. The lowest BCUT2D eigenvalue weighted by molar-refractivity contribution is 0.0982. The van der Waals surface area contributed by atoms with E-state index in [0.29, 0.717) is 17.1 Å². The molecule has 0 saturated carbocycles. The fourth-order valence-corrected chi connectivity index (χ4v) is 1.80. The zero-order chi connectivity index (χ0) is 11.0. The summed E-state index contributed by atoms with van der Waals surface area (Å²) in [6, 6.07) is 3.57. The number of hydrogen-bond donors (Lipinski definition) is 0. The number of imidazole rings is 1. The Bertz CT molecular complexity index is 531. The quantitative estimate of drug-likeness (QED) is 0.733. The minimum absolute atomic E-state index is 0.0854. The van der Waals surface area contributed by atoms with E-state index in [4.69, 9.17) is 11.6 Å². The van der Waals surface area contributed by atoms with Crippen LogP contribution < -0.4 is 0 Å². The molecule has 0 aliphatic rings. The SMILES string of the molecule is CCC(=O)c1c(C)nc2ccc(Cl)cn12. The van der Waals surface area contributed by atoms with E-state index >= 15 is 0 Å². The molecule has 78 valence electrons. The molecule has 2 aromatic heterocycles. The summed E-state index contributed by atoms with van der Waals surface area (Å²) in [5.74, 6) is 0.0854. The van der Waals surface area contributed by atoms with Crippen LogP contribution in [0.3, 0.4) is 0 Å². The topological polar surface area (TPSA) is 34.4 Å². The van der Waals surface area contributed by atoms with E-state index in [1.807, 2.05) is 19.9 Å². The van der Waals surface area contributed by atoms with Crippen molar-refractivity contribution in [2.45, 2.75) is 20.3 Å². The minimum Gasteiger partial charge on any atom is -0.295 e. The van der Waals surface area contributed by atoms with Crippen molar-refractivity contribution in [3.8, 4) is 0 Å². The molecule has 0 bridgehead atoms. The second kappa shape index (κ2) is 3.66. The second-order valence-electron chi connectivity index (χ2n) is 3.40. The Morgan fingerprint density at radius 3 is 2.93 bits per heavy atom. The van der Waals surface area contributed by atoms with Gasteiger partial charge in [0.05, 0.1) is 10.7 Å². The van der Waals surface area contributed by atoms with Crippen LogP contribution >= 0.6 is 11.6 Å². The molecular formula is C11H11ClN2O. The van der Waals surface area contributed by atoms with Crippen LogP contribution in [-0.2, 0) is 0 Å². The molecule has 2 aromatic rings. The lowest BCUT2D eigenvalue weighted by atomic mass is 10.2. The molecule has 4 heteroatoms. The summed E-state index contributed by atoms with van der Waals surface area (Å²) in [5.41, 5.74) is 2.15. The van der Waals surface area contributed by atoms with E-state index in [0.717, 1.165) is 11.3 Å². The summed E-state index contributed by atoms with van der Waals surface area (Å²) in [4.78, 5) is 16.0. The number of aryl methyl sites for hydroxylation is 1. The molecule has 0 radical (unpaired) electrons. The predicted molar refractivity (Wildman–Crippen MR) is 59.6 cm³/mol. The van der Waals surface area contributed by atoms with Gasteiger partial charge in [-0.25, -0.2) is 4.98 Å². The first-order valence-electron chi connectivity index (χ1n) is 4.81. The second-order valence-corrected chi connectivity index (χ2v) is 3.83. The fraction of sp³-hybridized carbons (Fsp3) is 0.273. The maximum Gasteiger partial charge on any atom is 0.181 e. The van der Waals surface area contributed by atoms with Gasteiger partial charge in [0.15, 0.2) is 5.78 Å². The molecule has 0 amide bonds. The fourth-order valence-electron chi connectivity index (χ4n) is 1.64. The van der Waals surface area contributed by atoms with Gasteiger partial charge in [-0.3, -0.25) is 9.20 Å². The van der Waals surface area contributed by atoms with Crippen molar-refractivity contribution >= 4 is 23.0 Å². The van der Waals surface area contributed by atoms with Crippen molar-refractivity contribution in [2.75, 3.05) is 0 Å². The maximum absolute atomic E-state index is 11.7. The summed E-state index contributed by atoms with van der Waals surface area (Å²) in [6.07, 6.45) is 2.20. The van der Waals surface area contributed by atoms with Crippen LogP contribution in [0.1, 0.15) is 29.5 Å². The van der Waals surface area contributed by atoms with Crippen molar-refractivity contribution in [3.63, 3.8) is 0 Å². The van der Waals surface area contributed by atoms with Crippen LogP contribution in [0.2, 0.25) is 5.02 Å². The van der Waals surface area contributed by atoms with E-state index in [9.17, 15) is 4.79 Å². The maximum atomic E-state index is 11.7. The average Bonchev–Trinajstić information content (AvgIpc) is 2.52. The summed E-state index contributed by atoms with van der Waals surface area (Å²) >= 11 is 5.89. The predicted octanol–water partition coefficient (Wildman–Crippen LogP) is 2.89. The van der Waals surface area contributed by atoms with Crippen LogP contribution in [0, 0.1) is 6.92 Å². The van der Waals surface area contributed by atoms with Crippen molar-refractivity contribution in [1.82, 2.24) is 9.38 Å². The monoisotopic (exact) mass is 222 g/mol. The first kappa shape index (κ1) is 10.2. The normalized spacial score (nSPS) is 10.9. The molecule has 0 atom stereocenters. The summed E-state index contributed by atoms with van der Waals surface area (Å²) in [5, 5.41) is 0.602. The zero-order valence-electron chi connectivity index (χ0n) is 8.62. The number of rotatable bonds is 2. The van der Waals surface area contributed by atoms with Crippen molar-refractivity contribution < 1.29 is 4.79 Å². The third-order valence-corrected chi connectivity index (χ3v) is 2.57. The van der Waals surface area contributed by atoms with Gasteiger partial charge in [0.1, 0.15) is 11.3 Å². The molecule has 0 aliphatic carbocycles. The van der Waals surface area contributed by atoms with E-state index in [1.165, 1.54) is 0 Å². The van der Waals surface area contributed by atoms with Gasteiger partial charge in [0, 0.05) is 12.6 Å². The molecule has 0 N–H and O–H groups in total. The van der Waals surface area contributed by atoms with E-state index in [-0.39, 0.29) is 5.78 Å².